The van der Waals surface area contributed by atoms with Gasteiger partial charge in [0.25, 0.3) is 0 Å². The van der Waals surface area contributed by atoms with Gasteiger partial charge in [-0.15, -0.1) is 0 Å². The summed E-state index contributed by atoms with van der Waals surface area (Å²) in [7, 11) is 0. The van der Waals surface area contributed by atoms with Gasteiger partial charge in [-0.3, -0.25) is 0 Å². The van der Waals surface area contributed by atoms with Crippen LogP contribution >= 0.6 is 11.6 Å². The highest BCUT2D eigenvalue weighted by atomic mass is 35.5. The zero-order chi connectivity index (χ0) is 13.9. The van der Waals surface area contributed by atoms with E-state index in [9.17, 15) is 4.39 Å². The third-order valence-electron chi connectivity index (χ3n) is 4.67. The van der Waals surface area contributed by atoms with Gasteiger partial charge in [0.1, 0.15) is 5.82 Å². The molecule has 0 aromatic heterocycles. The van der Waals surface area contributed by atoms with Gasteiger partial charge in [-0.2, -0.15) is 0 Å². The van der Waals surface area contributed by atoms with E-state index in [1.807, 2.05) is 0 Å². The Bertz CT molecular complexity index is 460. The fourth-order valence-corrected chi connectivity index (χ4v) is 3.74. The molecular weight excluding hydrogens is 275 g/mol. The summed E-state index contributed by atoms with van der Waals surface area (Å²) in [6, 6.07) is 5.32. The second-order valence-corrected chi connectivity index (χ2v) is 6.44. The van der Waals surface area contributed by atoms with Gasteiger partial charge in [0.15, 0.2) is 0 Å². The van der Waals surface area contributed by atoms with Crippen LogP contribution in [0.1, 0.15) is 32.1 Å². The molecule has 1 aliphatic carbocycles. The Morgan fingerprint density at radius 2 is 2.00 bits per heavy atom. The summed E-state index contributed by atoms with van der Waals surface area (Å²) in [6.45, 7) is 2.66. The smallest absolute Gasteiger partial charge is 0.146 e. The summed E-state index contributed by atoms with van der Waals surface area (Å²) in [5, 5.41) is 4.23. The molecule has 0 radical (unpaired) electrons. The van der Waals surface area contributed by atoms with E-state index in [-0.39, 0.29) is 5.82 Å². The third-order valence-corrected chi connectivity index (χ3v) is 4.91. The van der Waals surface area contributed by atoms with Crippen molar-refractivity contribution in [1.29, 1.82) is 0 Å². The molecule has 1 saturated heterocycles. The fourth-order valence-electron chi connectivity index (χ4n) is 3.58. The van der Waals surface area contributed by atoms with Crippen molar-refractivity contribution in [2.45, 2.75) is 38.1 Å². The normalized spacial score (nSPS) is 24.9. The molecule has 0 amide bonds. The molecule has 110 valence electrons. The molecule has 2 fully saturated rings. The van der Waals surface area contributed by atoms with Crippen LogP contribution in [0.25, 0.3) is 0 Å². The number of nitrogens with zero attached hydrogens (tertiary/aromatic N) is 1. The van der Waals surface area contributed by atoms with Gasteiger partial charge < -0.3 is 10.2 Å². The van der Waals surface area contributed by atoms with E-state index >= 15 is 0 Å². The van der Waals surface area contributed by atoms with Crippen LogP contribution in [0.3, 0.4) is 0 Å². The lowest BCUT2D eigenvalue weighted by atomic mass is 9.83. The maximum Gasteiger partial charge on any atom is 0.146 e. The molecule has 2 aliphatic rings. The second kappa shape index (κ2) is 6.31. The number of hydrogen-bond donors (Lipinski definition) is 1. The van der Waals surface area contributed by atoms with Crippen molar-refractivity contribution in [2.75, 3.05) is 24.5 Å². The number of hydrogen-bond acceptors (Lipinski definition) is 2. The van der Waals surface area contributed by atoms with Gasteiger partial charge in [-0.1, -0.05) is 30.9 Å². The van der Waals surface area contributed by atoms with E-state index in [0.717, 1.165) is 25.6 Å². The first-order valence-electron chi connectivity index (χ1n) is 7.67. The van der Waals surface area contributed by atoms with Crippen LogP contribution in [-0.2, 0) is 0 Å². The van der Waals surface area contributed by atoms with Crippen LogP contribution < -0.4 is 10.2 Å². The Balaban J connectivity index is 1.72. The first kappa shape index (κ1) is 14.2. The summed E-state index contributed by atoms with van der Waals surface area (Å²) in [6.07, 6.45) is 6.67. The van der Waals surface area contributed by atoms with Crippen LogP contribution in [0.4, 0.5) is 10.1 Å². The van der Waals surface area contributed by atoms with Crippen molar-refractivity contribution in [1.82, 2.24) is 5.32 Å². The molecule has 1 saturated carbocycles. The van der Waals surface area contributed by atoms with E-state index in [2.05, 4.69) is 10.2 Å². The minimum absolute atomic E-state index is 0.168. The summed E-state index contributed by atoms with van der Waals surface area (Å²) < 4.78 is 14.0. The molecular formula is C16H22ClFN2. The van der Waals surface area contributed by atoms with Crippen molar-refractivity contribution >= 4 is 17.3 Å². The molecule has 0 spiro atoms. The predicted octanol–water partition coefficient (Wildman–Crippen LogP) is 3.84. The zero-order valence-corrected chi connectivity index (χ0v) is 12.5. The highest BCUT2D eigenvalue weighted by molar-refractivity contribution is 6.30. The summed E-state index contributed by atoms with van der Waals surface area (Å²) in [5.41, 5.74) is 0.653. The fraction of sp³-hybridized carbons (Fsp3) is 0.625. The number of halogens is 2. The molecule has 1 N–H and O–H groups in total. The highest BCUT2D eigenvalue weighted by Gasteiger charge is 2.28. The number of rotatable bonds is 2. The van der Waals surface area contributed by atoms with Crippen molar-refractivity contribution in [3.8, 4) is 0 Å². The Labute approximate surface area is 125 Å². The molecule has 4 heteroatoms. The van der Waals surface area contributed by atoms with Crippen LogP contribution in [0.5, 0.6) is 0 Å². The van der Waals surface area contributed by atoms with Gasteiger partial charge in [0, 0.05) is 30.7 Å². The lowest BCUT2D eigenvalue weighted by Crippen LogP contribution is -2.54. The monoisotopic (exact) mass is 296 g/mol. The highest BCUT2D eigenvalue weighted by Crippen LogP contribution is 2.30. The van der Waals surface area contributed by atoms with E-state index in [1.54, 1.807) is 12.1 Å². The van der Waals surface area contributed by atoms with E-state index in [1.165, 1.54) is 38.2 Å². The number of nitrogens with one attached hydrogen (secondary N) is 1. The molecule has 1 atom stereocenters. The standard InChI is InChI=1S/C16H22ClFN2/c17-13-6-7-14(18)16(10-13)20-9-8-19-15(11-20)12-4-2-1-3-5-12/h6-7,10,12,15,19H,1-5,8-9,11H2. The van der Waals surface area contributed by atoms with Crippen molar-refractivity contribution in [2.24, 2.45) is 5.92 Å². The topological polar surface area (TPSA) is 15.3 Å². The van der Waals surface area contributed by atoms with Gasteiger partial charge in [0.2, 0.25) is 0 Å². The molecule has 0 bridgehead atoms. The predicted molar refractivity (Wildman–Crippen MR) is 82.0 cm³/mol. The van der Waals surface area contributed by atoms with Crippen LogP contribution in [0, 0.1) is 11.7 Å². The Morgan fingerprint density at radius 1 is 1.20 bits per heavy atom. The molecule has 1 aliphatic heterocycles. The van der Waals surface area contributed by atoms with Gasteiger partial charge in [-0.05, 0) is 37.0 Å². The zero-order valence-electron chi connectivity index (χ0n) is 11.7. The molecule has 1 aromatic carbocycles. The second-order valence-electron chi connectivity index (χ2n) is 6.00. The average Bonchev–Trinajstić information content (AvgIpc) is 2.51. The van der Waals surface area contributed by atoms with Gasteiger partial charge in [-0.25, -0.2) is 4.39 Å². The van der Waals surface area contributed by atoms with Gasteiger partial charge in [0.05, 0.1) is 5.69 Å². The summed E-state index contributed by atoms with van der Waals surface area (Å²) in [4.78, 5) is 2.15. The number of benzene rings is 1. The van der Waals surface area contributed by atoms with Gasteiger partial charge >= 0.3 is 0 Å². The molecule has 1 unspecified atom stereocenters. The van der Waals surface area contributed by atoms with E-state index in [4.69, 9.17) is 11.6 Å². The maximum absolute atomic E-state index is 14.0. The maximum atomic E-state index is 14.0. The molecule has 20 heavy (non-hydrogen) atoms. The lowest BCUT2D eigenvalue weighted by Gasteiger charge is -2.40. The summed E-state index contributed by atoms with van der Waals surface area (Å²) >= 11 is 6.01. The SMILES string of the molecule is Fc1ccc(Cl)cc1N1CCNC(C2CCCCC2)C1. The molecule has 2 nitrogen and oxygen atoms in total. The van der Waals surface area contributed by atoms with E-state index < -0.39 is 0 Å². The summed E-state index contributed by atoms with van der Waals surface area (Å²) in [5.74, 6) is 0.576. The van der Waals surface area contributed by atoms with Crippen molar-refractivity contribution in [3.05, 3.63) is 29.0 Å². The van der Waals surface area contributed by atoms with Crippen LogP contribution in [0.2, 0.25) is 5.02 Å². The minimum Gasteiger partial charge on any atom is -0.366 e. The van der Waals surface area contributed by atoms with Crippen molar-refractivity contribution in [3.63, 3.8) is 0 Å². The van der Waals surface area contributed by atoms with E-state index in [0.29, 0.717) is 16.8 Å². The molecule has 1 heterocycles. The van der Waals surface area contributed by atoms with Crippen molar-refractivity contribution < 1.29 is 4.39 Å². The molecule has 3 rings (SSSR count). The third kappa shape index (κ3) is 3.09. The largest absolute Gasteiger partial charge is 0.366 e. The first-order valence-corrected chi connectivity index (χ1v) is 8.05. The lowest BCUT2D eigenvalue weighted by molar-refractivity contribution is 0.257. The molecule has 1 aromatic rings. The van der Waals surface area contributed by atoms with Crippen LogP contribution in [0.15, 0.2) is 18.2 Å². The number of anilines is 1. The Hall–Kier alpha value is -0.800. The average molecular weight is 297 g/mol. The minimum atomic E-state index is -0.168. The Kier molecular flexibility index (Phi) is 4.47. The number of piperazine rings is 1. The van der Waals surface area contributed by atoms with Crippen LogP contribution in [-0.4, -0.2) is 25.7 Å². The first-order chi connectivity index (χ1) is 9.74. The quantitative estimate of drug-likeness (QED) is 0.892. The Morgan fingerprint density at radius 3 is 2.80 bits per heavy atom.